The highest BCUT2D eigenvalue weighted by Gasteiger charge is 2.44. The van der Waals surface area contributed by atoms with Crippen LogP contribution in [0.3, 0.4) is 0 Å². The van der Waals surface area contributed by atoms with E-state index < -0.39 is 5.97 Å². The number of β-lactam (4-membered cyclic amide) rings is 1. The molecule has 2 aliphatic heterocycles. The Hall–Kier alpha value is -1.76. The molecule has 1 aromatic rings. The van der Waals surface area contributed by atoms with E-state index in [1.807, 2.05) is 0 Å². The Morgan fingerprint density at radius 3 is 3.19 bits per heavy atom. The Labute approximate surface area is 94.7 Å². The quantitative estimate of drug-likeness (QED) is 0.547. The van der Waals surface area contributed by atoms with E-state index in [4.69, 9.17) is 4.74 Å². The second-order valence-corrected chi connectivity index (χ2v) is 4.19. The number of fused-ring (bicyclic) bond motifs is 1. The molecule has 3 heterocycles. The first kappa shape index (κ1) is 9.46. The van der Waals surface area contributed by atoms with E-state index in [9.17, 15) is 9.59 Å². The minimum atomic E-state index is -0.539. The molecule has 0 spiro atoms. The van der Waals surface area contributed by atoms with Crippen molar-refractivity contribution >= 4 is 23.4 Å². The van der Waals surface area contributed by atoms with E-state index in [1.165, 1.54) is 10.3 Å². The van der Waals surface area contributed by atoms with E-state index in [-0.39, 0.29) is 17.8 Å². The van der Waals surface area contributed by atoms with E-state index in [0.29, 0.717) is 12.1 Å². The molecule has 0 bridgehead atoms. The summed E-state index contributed by atoms with van der Waals surface area (Å²) in [6.07, 6.45) is 2.98. The molecule has 1 atom stereocenters. The van der Waals surface area contributed by atoms with Crippen molar-refractivity contribution in [1.82, 2.24) is 14.5 Å². The second kappa shape index (κ2) is 3.38. The predicted molar refractivity (Wildman–Crippen MR) is 53.5 cm³/mol. The van der Waals surface area contributed by atoms with Gasteiger partial charge in [-0.1, -0.05) is 15.7 Å². The fourth-order valence-electron chi connectivity index (χ4n) is 1.88. The molecule has 0 radical (unpaired) electrons. The zero-order valence-electron chi connectivity index (χ0n) is 8.12. The highest BCUT2D eigenvalue weighted by molar-refractivity contribution is 7.03. The van der Waals surface area contributed by atoms with E-state index in [0.717, 1.165) is 18.0 Å². The topological polar surface area (TPSA) is 72.4 Å². The fourth-order valence-corrected chi connectivity index (χ4v) is 2.24. The van der Waals surface area contributed by atoms with Gasteiger partial charge >= 0.3 is 5.97 Å². The lowest BCUT2D eigenvalue weighted by Crippen LogP contribution is -2.50. The standard InChI is InChI=1S/C9H7N3O3S/c13-8-3-5-1-2-6(12(5)8)9(14)15-7-4-16-11-10-7/h2,4-5H,1,3H2. The Morgan fingerprint density at radius 2 is 2.50 bits per heavy atom. The molecule has 2 aliphatic rings. The first-order valence-electron chi connectivity index (χ1n) is 4.77. The van der Waals surface area contributed by atoms with Crippen LogP contribution in [-0.4, -0.2) is 32.4 Å². The van der Waals surface area contributed by atoms with Crippen molar-refractivity contribution in [3.8, 4) is 5.88 Å². The summed E-state index contributed by atoms with van der Waals surface area (Å²) in [5, 5.41) is 5.13. The minimum Gasteiger partial charge on any atom is -0.400 e. The van der Waals surface area contributed by atoms with E-state index >= 15 is 0 Å². The summed E-state index contributed by atoms with van der Waals surface area (Å²) < 4.78 is 8.55. The normalized spacial score (nSPS) is 22.5. The average Bonchev–Trinajstić information content (AvgIpc) is 2.84. The first-order chi connectivity index (χ1) is 7.75. The van der Waals surface area contributed by atoms with Gasteiger partial charge in [-0.3, -0.25) is 4.79 Å². The molecule has 1 amide bonds. The highest BCUT2D eigenvalue weighted by Crippen LogP contribution is 2.34. The number of hydrogen-bond donors (Lipinski definition) is 0. The van der Waals surface area contributed by atoms with Gasteiger partial charge in [0.1, 0.15) is 5.70 Å². The van der Waals surface area contributed by atoms with Crippen molar-refractivity contribution in [3.63, 3.8) is 0 Å². The zero-order chi connectivity index (χ0) is 11.1. The van der Waals surface area contributed by atoms with Crippen molar-refractivity contribution in [2.75, 3.05) is 0 Å². The van der Waals surface area contributed by atoms with Crippen LogP contribution in [0.25, 0.3) is 0 Å². The Kier molecular flexibility index (Phi) is 2.00. The summed E-state index contributed by atoms with van der Waals surface area (Å²) in [4.78, 5) is 24.5. The Morgan fingerprint density at radius 1 is 1.62 bits per heavy atom. The van der Waals surface area contributed by atoms with Crippen molar-refractivity contribution < 1.29 is 14.3 Å². The van der Waals surface area contributed by atoms with Gasteiger partial charge in [0.15, 0.2) is 0 Å². The SMILES string of the molecule is O=C(Oc1csnn1)C1=CCC2CC(=O)N12. The molecule has 0 aromatic carbocycles. The van der Waals surface area contributed by atoms with Gasteiger partial charge in [-0.25, -0.2) is 4.79 Å². The van der Waals surface area contributed by atoms with Crippen LogP contribution in [0.5, 0.6) is 5.88 Å². The number of hydrogen-bond acceptors (Lipinski definition) is 6. The van der Waals surface area contributed by atoms with E-state index in [2.05, 4.69) is 9.59 Å². The third-order valence-electron chi connectivity index (χ3n) is 2.63. The second-order valence-electron chi connectivity index (χ2n) is 3.58. The van der Waals surface area contributed by atoms with Gasteiger partial charge in [0, 0.05) is 12.5 Å². The third-order valence-corrected chi connectivity index (χ3v) is 3.12. The van der Waals surface area contributed by atoms with Gasteiger partial charge in [0.2, 0.25) is 5.91 Å². The monoisotopic (exact) mass is 237 g/mol. The molecule has 1 fully saturated rings. The maximum absolute atomic E-state index is 11.7. The Balaban J connectivity index is 1.74. The van der Waals surface area contributed by atoms with E-state index in [1.54, 1.807) is 6.08 Å². The van der Waals surface area contributed by atoms with Crippen LogP contribution >= 0.6 is 11.5 Å². The Bertz CT molecular complexity index is 482. The lowest BCUT2D eigenvalue weighted by molar-refractivity contribution is -0.146. The zero-order valence-corrected chi connectivity index (χ0v) is 8.94. The average molecular weight is 237 g/mol. The van der Waals surface area contributed by atoms with Crippen LogP contribution in [0, 0.1) is 0 Å². The predicted octanol–water partition coefficient (Wildman–Crippen LogP) is 0.332. The summed E-state index contributed by atoms with van der Waals surface area (Å²) in [5.41, 5.74) is 0.328. The maximum Gasteiger partial charge on any atom is 0.361 e. The maximum atomic E-state index is 11.7. The number of ether oxygens (including phenoxy) is 1. The molecule has 1 unspecified atom stereocenters. The summed E-state index contributed by atoms with van der Waals surface area (Å²) in [5.74, 6) is -0.391. The number of esters is 1. The molecule has 16 heavy (non-hydrogen) atoms. The van der Waals surface area contributed by atoms with Crippen molar-refractivity contribution in [2.24, 2.45) is 0 Å². The molecule has 1 saturated heterocycles. The van der Waals surface area contributed by atoms with Crippen molar-refractivity contribution in [2.45, 2.75) is 18.9 Å². The first-order valence-corrected chi connectivity index (χ1v) is 5.61. The minimum absolute atomic E-state index is 0.0258. The highest BCUT2D eigenvalue weighted by atomic mass is 32.1. The summed E-state index contributed by atoms with van der Waals surface area (Å²) >= 11 is 1.10. The van der Waals surface area contributed by atoms with Crippen LogP contribution in [0.1, 0.15) is 12.8 Å². The van der Waals surface area contributed by atoms with Gasteiger partial charge in [0.25, 0.3) is 5.88 Å². The molecular formula is C9H7N3O3S. The molecule has 6 nitrogen and oxygen atoms in total. The molecular weight excluding hydrogens is 230 g/mol. The van der Waals surface area contributed by atoms with Crippen molar-refractivity contribution in [1.29, 1.82) is 0 Å². The molecule has 82 valence electrons. The molecule has 0 aliphatic carbocycles. The van der Waals surface area contributed by atoms with Crippen molar-refractivity contribution in [3.05, 3.63) is 17.2 Å². The van der Waals surface area contributed by atoms with Crippen LogP contribution in [-0.2, 0) is 9.59 Å². The lowest BCUT2D eigenvalue weighted by atomic mass is 10.0. The molecule has 0 saturated carbocycles. The summed E-state index contributed by atoms with van der Waals surface area (Å²) in [7, 11) is 0. The summed E-state index contributed by atoms with van der Waals surface area (Å²) in [6.45, 7) is 0. The number of carbonyl (C=O) groups excluding carboxylic acids is 2. The number of amides is 1. The number of rotatable bonds is 2. The number of carbonyl (C=O) groups is 2. The number of nitrogens with zero attached hydrogens (tertiary/aromatic N) is 3. The number of aromatic nitrogens is 2. The summed E-state index contributed by atoms with van der Waals surface area (Å²) in [6, 6.07) is 0.156. The van der Waals surface area contributed by atoms with Gasteiger partial charge < -0.3 is 9.64 Å². The van der Waals surface area contributed by atoms with Crippen LogP contribution < -0.4 is 4.74 Å². The van der Waals surface area contributed by atoms with Crippen LogP contribution in [0.15, 0.2) is 17.2 Å². The molecule has 3 rings (SSSR count). The van der Waals surface area contributed by atoms with Gasteiger partial charge in [-0.2, -0.15) is 0 Å². The molecule has 1 aromatic heterocycles. The third kappa shape index (κ3) is 1.32. The van der Waals surface area contributed by atoms with Gasteiger partial charge in [0.05, 0.1) is 5.38 Å². The molecule has 7 heteroatoms. The largest absolute Gasteiger partial charge is 0.400 e. The van der Waals surface area contributed by atoms with Gasteiger partial charge in [-0.05, 0) is 18.0 Å². The molecule has 0 N–H and O–H groups in total. The van der Waals surface area contributed by atoms with Gasteiger partial charge in [-0.15, -0.1) is 0 Å². The smallest absolute Gasteiger partial charge is 0.361 e. The lowest BCUT2D eigenvalue weighted by Gasteiger charge is -2.35. The van der Waals surface area contributed by atoms with Crippen LogP contribution in [0.2, 0.25) is 0 Å². The fraction of sp³-hybridized carbons (Fsp3) is 0.333. The van der Waals surface area contributed by atoms with Crippen LogP contribution in [0.4, 0.5) is 0 Å².